The first kappa shape index (κ1) is 16.6. The minimum atomic E-state index is -4.27. The van der Waals surface area contributed by atoms with Crippen LogP contribution in [0, 0.1) is 0 Å². The Hall–Kier alpha value is -0.790. The SMILES string of the molecule is FC(F)(F)COCCNC1CCCOc2cc(Br)ccc21. The molecule has 0 aliphatic carbocycles. The smallest absolute Gasteiger partial charge is 0.411 e. The Morgan fingerprint density at radius 1 is 1.38 bits per heavy atom. The number of alkyl halides is 3. The van der Waals surface area contributed by atoms with Crippen LogP contribution >= 0.6 is 15.9 Å². The second kappa shape index (κ2) is 7.47. The number of fused-ring (bicyclic) bond motifs is 1. The van der Waals surface area contributed by atoms with E-state index in [-0.39, 0.29) is 12.6 Å². The number of hydrogen-bond donors (Lipinski definition) is 1. The largest absolute Gasteiger partial charge is 0.493 e. The first-order valence-electron chi connectivity index (χ1n) is 6.76. The van der Waals surface area contributed by atoms with Gasteiger partial charge in [-0.15, -0.1) is 0 Å². The van der Waals surface area contributed by atoms with E-state index in [1.54, 1.807) is 0 Å². The molecule has 0 bridgehead atoms. The quantitative estimate of drug-likeness (QED) is 0.802. The van der Waals surface area contributed by atoms with Gasteiger partial charge in [-0.1, -0.05) is 22.0 Å². The van der Waals surface area contributed by atoms with Crippen molar-refractivity contribution >= 4 is 15.9 Å². The molecule has 1 aliphatic rings. The van der Waals surface area contributed by atoms with Gasteiger partial charge in [0.2, 0.25) is 0 Å². The van der Waals surface area contributed by atoms with Gasteiger partial charge in [-0.05, 0) is 25.0 Å². The number of hydrogen-bond acceptors (Lipinski definition) is 3. The van der Waals surface area contributed by atoms with Crippen molar-refractivity contribution in [3.63, 3.8) is 0 Å². The number of ether oxygens (including phenoxy) is 2. The summed E-state index contributed by atoms with van der Waals surface area (Å²) in [6, 6.07) is 5.89. The summed E-state index contributed by atoms with van der Waals surface area (Å²) in [5, 5.41) is 3.24. The third-order valence-corrected chi connectivity index (χ3v) is 3.64. The molecular formula is C14H17BrF3NO2. The highest BCUT2D eigenvalue weighted by atomic mass is 79.9. The van der Waals surface area contributed by atoms with Gasteiger partial charge in [0, 0.05) is 22.6 Å². The molecule has 1 N–H and O–H groups in total. The number of benzene rings is 1. The van der Waals surface area contributed by atoms with Crippen molar-refractivity contribution in [1.82, 2.24) is 5.32 Å². The van der Waals surface area contributed by atoms with Crippen LogP contribution in [-0.2, 0) is 4.74 Å². The second-order valence-corrected chi connectivity index (χ2v) is 5.76. The van der Waals surface area contributed by atoms with E-state index in [0.717, 1.165) is 28.6 Å². The predicted molar refractivity (Wildman–Crippen MR) is 76.5 cm³/mol. The van der Waals surface area contributed by atoms with E-state index in [1.807, 2.05) is 18.2 Å². The zero-order chi connectivity index (χ0) is 15.3. The summed E-state index contributed by atoms with van der Waals surface area (Å²) in [6.45, 7) is -0.156. The molecule has 3 nitrogen and oxygen atoms in total. The molecule has 1 aromatic rings. The molecule has 0 amide bonds. The van der Waals surface area contributed by atoms with Gasteiger partial charge in [-0.25, -0.2) is 0 Å². The first-order chi connectivity index (χ1) is 9.96. The highest BCUT2D eigenvalue weighted by molar-refractivity contribution is 9.10. The Kier molecular flexibility index (Phi) is 5.89. The normalized spacial score (nSPS) is 18.8. The van der Waals surface area contributed by atoms with Crippen LogP contribution in [0.5, 0.6) is 5.75 Å². The molecular weight excluding hydrogens is 351 g/mol. The Morgan fingerprint density at radius 3 is 2.95 bits per heavy atom. The molecule has 0 saturated heterocycles. The van der Waals surface area contributed by atoms with E-state index >= 15 is 0 Å². The molecule has 1 heterocycles. The summed E-state index contributed by atoms with van der Waals surface area (Å²) in [5.41, 5.74) is 1.03. The van der Waals surface area contributed by atoms with Gasteiger partial charge in [0.05, 0.1) is 13.2 Å². The lowest BCUT2D eigenvalue weighted by molar-refractivity contribution is -0.173. The molecule has 0 saturated carbocycles. The average molecular weight is 368 g/mol. The van der Waals surface area contributed by atoms with Gasteiger partial charge in [0.15, 0.2) is 0 Å². The minimum Gasteiger partial charge on any atom is -0.493 e. The molecule has 1 unspecified atom stereocenters. The third kappa shape index (κ3) is 5.48. The van der Waals surface area contributed by atoms with Crippen LogP contribution < -0.4 is 10.1 Å². The Morgan fingerprint density at radius 2 is 2.19 bits per heavy atom. The zero-order valence-corrected chi connectivity index (χ0v) is 13.0. The minimum absolute atomic E-state index is 0.0305. The van der Waals surface area contributed by atoms with Crippen LogP contribution in [0.1, 0.15) is 24.4 Å². The zero-order valence-electron chi connectivity index (χ0n) is 11.4. The number of nitrogens with one attached hydrogen (secondary N) is 1. The molecule has 0 radical (unpaired) electrons. The lowest BCUT2D eigenvalue weighted by Crippen LogP contribution is -2.27. The molecule has 7 heteroatoms. The van der Waals surface area contributed by atoms with Crippen LogP contribution in [0.25, 0.3) is 0 Å². The van der Waals surface area contributed by atoms with Crippen LogP contribution in [-0.4, -0.2) is 32.5 Å². The molecule has 0 fully saturated rings. The standard InChI is InChI=1S/C14H17BrF3NO2/c15-10-3-4-11-12(2-1-6-21-13(11)8-10)19-5-7-20-9-14(16,17)18/h3-4,8,12,19H,1-2,5-7,9H2. The third-order valence-electron chi connectivity index (χ3n) is 3.15. The van der Waals surface area contributed by atoms with E-state index in [9.17, 15) is 13.2 Å². The van der Waals surface area contributed by atoms with Gasteiger partial charge < -0.3 is 14.8 Å². The lowest BCUT2D eigenvalue weighted by Gasteiger charge is -2.18. The molecule has 1 atom stereocenters. The van der Waals surface area contributed by atoms with E-state index in [2.05, 4.69) is 26.0 Å². The van der Waals surface area contributed by atoms with Crippen LogP contribution in [0.4, 0.5) is 13.2 Å². The van der Waals surface area contributed by atoms with E-state index in [1.165, 1.54) is 0 Å². The van der Waals surface area contributed by atoms with E-state index < -0.39 is 12.8 Å². The summed E-state index contributed by atoms with van der Waals surface area (Å²) in [6.07, 6.45) is -2.49. The van der Waals surface area contributed by atoms with Crippen molar-refractivity contribution in [2.45, 2.75) is 25.1 Å². The lowest BCUT2D eigenvalue weighted by atomic mass is 10.0. The summed E-state index contributed by atoms with van der Waals surface area (Å²) < 4.78 is 47.1. The summed E-state index contributed by atoms with van der Waals surface area (Å²) in [7, 11) is 0. The summed E-state index contributed by atoms with van der Waals surface area (Å²) in [5.74, 6) is 0.815. The Balaban J connectivity index is 1.86. The molecule has 2 rings (SSSR count). The fraction of sp³-hybridized carbons (Fsp3) is 0.571. The van der Waals surface area contributed by atoms with Crippen molar-refractivity contribution < 1.29 is 22.6 Å². The highest BCUT2D eigenvalue weighted by Gasteiger charge is 2.27. The molecule has 118 valence electrons. The Labute approximate surface area is 129 Å². The second-order valence-electron chi connectivity index (χ2n) is 4.85. The Bertz CT molecular complexity index is 468. The van der Waals surface area contributed by atoms with Crippen molar-refractivity contribution in [3.8, 4) is 5.75 Å². The van der Waals surface area contributed by atoms with Crippen LogP contribution in [0.15, 0.2) is 22.7 Å². The fourth-order valence-corrected chi connectivity index (χ4v) is 2.59. The topological polar surface area (TPSA) is 30.5 Å². The van der Waals surface area contributed by atoms with Crippen molar-refractivity contribution in [3.05, 3.63) is 28.2 Å². The molecule has 21 heavy (non-hydrogen) atoms. The van der Waals surface area contributed by atoms with Gasteiger partial charge in [-0.3, -0.25) is 0 Å². The maximum absolute atomic E-state index is 12.0. The van der Waals surface area contributed by atoms with Gasteiger partial charge >= 0.3 is 6.18 Å². The van der Waals surface area contributed by atoms with E-state index in [0.29, 0.717) is 13.2 Å². The molecule has 1 aromatic carbocycles. The first-order valence-corrected chi connectivity index (χ1v) is 7.55. The summed E-state index contributed by atoms with van der Waals surface area (Å²) in [4.78, 5) is 0. The number of rotatable bonds is 5. The van der Waals surface area contributed by atoms with Crippen LogP contribution in [0.3, 0.4) is 0 Å². The van der Waals surface area contributed by atoms with Gasteiger partial charge in [-0.2, -0.15) is 13.2 Å². The van der Waals surface area contributed by atoms with Gasteiger partial charge in [0.25, 0.3) is 0 Å². The maximum Gasteiger partial charge on any atom is 0.411 e. The monoisotopic (exact) mass is 367 g/mol. The number of halogens is 4. The van der Waals surface area contributed by atoms with E-state index in [4.69, 9.17) is 4.74 Å². The molecule has 0 aromatic heterocycles. The predicted octanol–water partition coefficient (Wildman–Crippen LogP) is 3.83. The maximum atomic E-state index is 12.0. The van der Waals surface area contributed by atoms with Gasteiger partial charge in [0.1, 0.15) is 12.4 Å². The molecule has 1 aliphatic heterocycles. The highest BCUT2D eigenvalue weighted by Crippen LogP contribution is 2.33. The average Bonchev–Trinajstić information content (AvgIpc) is 2.59. The van der Waals surface area contributed by atoms with Crippen molar-refractivity contribution in [2.75, 3.05) is 26.4 Å². The molecule has 0 spiro atoms. The summed E-state index contributed by atoms with van der Waals surface area (Å²) >= 11 is 3.40. The van der Waals surface area contributed by atoms with Crippen molar-refractivity contribution in [2.24, 2.45) is 0 Å². The van der Waals surface area contributed by atoms with Crippen molar-refractivity contribution in [1.29, 1.82) is 0 Å². The fourth-order valence-electron chi connectivity index (χ4n) is 2.25. The van der Waals surface area contributed by atoms with Crippen LogP contribution in [0.2, 0.25) is 0 Å².